The highest BCUT2D eigenvalue weighted by molar-refractivity contribution is 5.86. The van der Waals surface area contributed by atoms with Crippen LogP contribution >= 0.6 is 0 Å². The molecular formula is C28H28N2O6. The minimum Gasteiger partial charge on any atom is -0.483 e. The molecule has 186 valence electrons. The van der Waals surface area contributed by atoms with E-state index in [-0.39, 0.29) is 25.6 Å². The van der Waals surface area contributed by atoms with Crippen LogP contribution in [0.2, 0.25) is 0 Å². The maximum absolute atomic E-state index is 13.1. The van der Waals surface area contributed by atoms with Crippen LogP contribution in [0.5, 0.6) is 0 Å². The van der Waals surface area contributed by atoms with Crippen molar-refractivity contribution < 1.29 is 29.3 Å². The number of carboxylic acids is 1. The van der Waals surface area contributed by atoms with Crippen molar-refractivity contribution in [2.24, 2.45) is 0 Å². The molecule has 0 amide bonds. The third-order valence-electron chi connectivity index (χ3n) is 5.50. The van der Waals surface area contributed by atoms with Crippen molar-refractivity contribution in [1.82, 2.24) is 9.88 Å². The van der Waals surface area contributed by atoms with Crippen molar-refractivity contribution in [2.75, 3.05) is 0 Å². The van der Waals surface area contributed by atoms with Gasteiger partial charge in [0.05, 0.1) is 0 Å². The maximum atomic E-state index is 13.1. The van der Waals surface area contributed by atoms with Crippen molar-refractivity contribution >= 4 is 29.3 Å². The molecule has 1 heterocycles. The Hall–Kier alpha value is -4.43. The van der Waals surface area contributed by atoms with Gasteiger partial charge < -0.3 is 24.8 Å². The topological polar surface area (TPSA) is 118 Å². The van der Waals surface area contributed by atoms with Crippen LogP contribution in [-0.2, 0) is 45.2 Å². The number of para-hydroxylation sites is 1. The van der Waals surface area contributed by atoms with Gasteiger partial charge in [0.25, 0.3) is 6.47 Å². The molecule has 0 fully saturated rings. The fourth-order valence-electron chi connectivity index (χ4n) is 3.89. The van der Waals surface area contributed by atoms with Crippen molar-refractivity contribution in [3.8, 4) is 0 Å². The number of aromatic nitrogens is 1. The van der Waals surface area contributed by atoms with Crippen LogP contribution in [0.1, 0.15) is 16.7 Å². The second-order valence-corrected chi connectivity index (χ2v) is 8.02. The van der Waals surface area contributed by atoms with E-state index >= 15 is 0 Å². The zero-order chi connectivity index (χ0) is 25.8. The Morgan fingerprint density at radius 1 is 0.917 bits per heavy atom. The van der Waals surface area contributed by atoms with E-state index in [1.807, 2.05) is 91.1 Å². The van der Waals surface area contributed by atoms with Crippen LogP contribution < -0.4 is 5.32 Å². The van der Waals surface area contributed by atoms with Gasteiger partial charge >= 0.3 is 11.9 Å². The molecule has 36 heavy (non-hydrogen) atoms. The van der Waals surface area contributed by atoms with E-state index in [2.05, 4.69) is 5.32 Å². The van der Waals surface area contributed by atoms with Gasteiger partial charge in [0.1, 0.15) is 19.2 Å². The second-order valence-electron chi connectivity index (χ2n) is 8.02. The highest BCUT2D eigenvalue weighted by Crippen LogP contribution is 2.23. The van der Waals surface area contributed by atoms with Gasteiger partial charge in [0, 0.05) is 30.1 Å². The van der Waals surface area contributed by atoms with Crippen LogP contribution in [0.3, 0.4) is 0 Å². The summed E-state index contributed by atoms with van der Waals surface area (Å²) in [5.41, 5.74) is 3.71. The molecule has 0 saturated carbocycles. The van der Waals surface area contributed by atoms with E-state index < -0.39 is 12.0 Å². The number of nitrogens with zero attached hydrogens (tertiary/aromatic N) is 1. The monoisotopic (exact) mass is 488 g/mol. The number of carbonyl (C=O) groups is 3. The molecule has 0 aliphatic heterocycles. The number of nitrogens with one attached hydrogen (secondary N) is 1. The minimum atomic E-state index is -0.914. The summed E-state index contributed by atoms with van der Waals surface area (Å²) in [4.78, 5) is 32.8. The van der Waals surface area contributed by atoms with Gasteiger partial charge in [-0.25, -0.2) is 0 Å². The summed E-state index contributed by atoms with van der Waals surface area (Å²) in [6.45, 7) is 0.324. The van der Waals surface area contributed by atoms with E-state index in [0.29, 0.717) is 13.0 Å². The van der Waals surface area contributed by atoms with Gasteiger partial charge in [-0.2, -0.15) is 0 Å². The number of fused-ring (bicyclic) bond motifs is 1. The largest absolute Gasteiger partial charge is 0.483 e. The zero-order valence-electron chi connectivity index (χ0n) is 19.6. The number of hydrogen-bond donors (Lipinski definition) is 3. The van der Waals surface area contributed by atoms with Crippen molar-refractivity contribution in [3.05, 3.63) is 108 Å². The average molecular weight is 489 g/mol. The molecule has 1 atom stereocenters. The molecule has 1 aromatic heterocycles. The summed E-state index contributed by atoms with van der Waals surface area (Å²) >= 11 is 0. The molecule has 0 radical (unpaired) electrons. The maximum Gasteiger partial charge on any atom is 0.323 e. The van der Waals surface area contributed by atoms with E-state index in [1.54, 1.807) is 4.57 Å². The van der Waals surface area contributed by atoms with Gasteiger partial charge in [0.2, 0.25) is 0 Å². The van der Waals surface area contributed by atoms with Gasteiger partial charge in [-0.3, -0.25) is 14.4 Å². The summed E-state index contributed by atoms with van der Waals surface area (Å²) in [5, 5.41) is 20.4. The Balaban J connectivity index is 0.00000115. The fourth-order valence-corrected chi connectivity index (χ4v) is 3.89. The first-order chi connectivity index (χ1) is 17.5. The lowest BCUT2D eigenvalue weighted by molar-refractivity contribution is -0.147. The first-order valence-electron chi connectivity index (χ1n) is 11.4. The predicted octanol–water partition coefficient (Wildman–Crippen LogP) is 3.87. The summed E-state index contributed by atoms with van der Waals surface area (Å²) in [7, 11) is 0. The number of ether oxygens (including phenoxy) is 1. The molecule has 0 bridgehead atoms. The molecular weight excluding hydrogens is 460 g/mol. The summed E-state index contributed by atoms with van der Waals surface area (Å²) in [6, 6.07) is 26.5. The molecule has 4 rings (SSSR count). The molecule has 0 saturated heterocycles. The van der Waals surface area contributed by atoms with Crippen molar-refractivity contribution in [1.29, 1.82) is 0 Å². The number of esters is 1. The van der Waals surface area contributed by atoms with Gasteiger partial charge in [-0.1, -0.05) is 78.9 Å². The molecule has 8 nitrogen and oxygen atoms in total. The SMILES string of the molecule is O=C(O)Cn1cc(CC(NCc2ccccc2)C(=O)OCc2ccccc2)c2ccccc21.O=CO. The molecule has 1 unspecified atom stereocenters. The van der Waals surface area contributed by atoms with E-state index in [9.17, 15) is 14.7 Å². The van der Waals surface area contributed by atoms with Crippen LogP contribution in [0, 0.1) is 0 Å². The van der Waals surface area contributed by atoms with Crippen molar-refractivity contribution in [3.63, 3.8) is 0 Å². The number of aliphatic carboxylic acids is 1. The summed E-state index contributed by atoms with van der Waals surface area (Å²) in [5.74, 6) is -1.26. The highest BCUT2D eigenvalue weighted by atomic mass is 16.5. The van der Waals surface area contributed by atoms with Gasteiger partial charge in [0.15, 0.2) is 0 Å². The average Bonchev–Trinajstić information content (AvgIpc) is 3.23. The standard InChI is InChI=1S/C27H26N2O4.CH2O2/c30-26(31)18-29-17-22(23-13-7-8-14-25(23)29)15-24(28-16-20-9-3-1-4-10-20)27(32)33-19-21-11-5-2-6-12-21;2-1-3/h1-14,17,24,28H,15-16,18-19H2,(H,30,31);1H,(H,2,3). The Labute approximate surface area is 208 Å². The third-order valence-corrected chi connectivity index (χ3v) is 5.50. The molecule has 0 spiro atoms. The third kappa shape index (κ3) is 7.54. The lowest BCUT2D eigenvalue weighted by atomic mass is 10.0. The normalized spacial score (nSPS) is 11.2. The Bertz CT molecular complexity index is 1270. The van der Waals surface area contributed by atoms with E-state index in [4.69, 9.17) is 14.6 Å². The summed E-state index contributed by atoms with van der Waals surface area (Å²) < 4.78 is 7.34. The smallest absolute Gasteiger partial charge is 0.323 e. The molecule has 8 heteroatoms. The lowest BCUT2D eigenvalue weighted by Crippen LogP contribution is -2.39. The van der Waals surface area contributed by atoms with Crippen molar-refractivity contribution in [2.45, 2.75) is 32.2 Å². The first-order valence-corrected chi connectivity index (χ1v) is 11.4. The van der Waals surface area contributed by atoms with E-state index in [0.717, 1.165) is 27.6 Å². The number of carbonyl (C=O) groups excluding carboxylic acids is 1. The Kier molecular flexibility index (Phi) is 9.79. The van der Waals surface area contributed by atoms with Crippen LogP contribution in [0.4, 0.5) is 0 Å². The molecule has 0 aliphatic rings. The Morgan fingerprint density at radius 3 is 2.14 bits per heavy atom. The fraction of sp³-hybridized carbons (Fsp3) is 0.179. The number of carboxylic acid groups (broad SMARTS) is 2. The number of benzene rings is 3. The predicted molar refractivity (Wildman–Crippen MR) is 135 cm³/mol. The quantitative estimate of drug-likeness (QED) is 0.229. The molecule has 0 aliphatic carbocycles. The number of hydrogen-bond acceptors (Lipinski definition) is 5. The zero-order valence-corrected chi connectivity index (χ0v) is 19.6. The molecule has 3 N–H and O–H groups in total. The number of rotatable bonds is 10. The molecule has 3 aromatic carbocycles. The lowest BCUT2D eigenvalue weighted by Gasteiger charge is -2.18. The molecule has 4 aromatic rings. The van der Waals surface area contributed by atoms with Crippen LogP contribution in [0.15, 0.2) is 91.1 Å². The van der Waals surface area contributed by atoms with Gasteiger partial charge in [-0.05, 0) is 22.8 Å². The first kappa shape index (κ1) is 26.2. The summed E-state index contributed by atoms with van der Waals surface area (Å²) in [6.07, 6.45) is 2.20. The van der Waals surface area contributed by atoms with E-state index in [1.165, 1.54) is 0 Å². The highest BCUT2D eigenvalue weighted by Gasteiger charge is 2.23. The van der Waals surface area contributed by atoms with Crippen LogP contribution in [0.25, 0.3) is 10.9 Å². The minimum absolute atomic E-state index is 0.138. The van der Waals surface area contributed by atoms with Gasteiger partial charge in [-0.15, -0.1) is 0 Å². The van der Waals surface area contributed by atoms with Crippen LogP contribution in [-0.4, -0.2) is 39.2 Å². The second kappa shape index (κ2) is 13.5. The Morgan fingerprint density at radius 2 is 1.50 bits per heavy atom.